The maximum atomic E-state index is 12.9. The van der Waals surface area contributed by atoms with E-state index < -0.39 is 0 Å². The maximum absolute atomic E-state index is 12.9. The molecular weight excluding hydrogens is 342 g/mol. The van der Waals surface area contributed by atoms with Crippen LogP contribution in [0.3, 0.4) is 0 Å². The summed E-state index contributed by atoms with van der Waals surface area (Å²) in [5.74, 6) is 3.60. The Kier molecular flexibility index (Phi) is 6.18. The molecule has 142 valence electrons. The molecule has 1 atom stereocenters. The van der Waals surface area contributed by atoms with Crippen LogP contribution in [-0.4, -0.2) is 77.4 Å². The van der Waals surface area contributed by atoms with E-state index in [9.17, 15) is 4.79 Å². The number of thioether (sulfide) groups is 1. The van der Waals surface area contributed by atoms with Gasteiger partial charge in [0.2, 0.25) is 5.91 Å². The Morgan fingerprint density at radius 1 is 1.04 bits per heavy atom. The number of benzene rings is 1. The van der Waals surface area contributed by atoms with E-state index >= 15 is 0 Å². The van der Waals surface area contributed by atoms with E-state index in [0.717, 1.165) is 45.2 Å². The number of carbonyl (C=O) groups is 1. The molecule has 3 fully saturated rings. The molecule has 2 aliphatic heterocycles. The fraction of sp³-hybridized carbons (Fsp3) is 0.667. The highest BCUT2D eigenvalue weighted by Gasteiger charge is 2.35. The minimum absolute atomic E-state index is 0.348. The van der Waals surface area contributed by atoms with Crippen LogP contribution in [-0.2, 0) is 11.3 Å². The Hall–Kier alpha value is -1.04. The summed E-state index contributed by atoms with van der Waals surface area (Å²) in [7, 11) is 0. The van der Waals surface area contributed by atoms with E-state index in [0.29, 0.717) is 18.5 Å². The second-order valence-electron chi connectivity index (χ2n) is 7.95. The van der Waals surface area contributed by atoms with Crippen molar-refractivity contribution in [2.24, 2.45) is 5.92 Å². The van der Waals surface area contributed by atoms with Gasteiger partial charge in [-0.25, -0.2) is 0 Å². The van der Waals surface area contributed by atoms with Gasteiger partial charge in [-0.1, -0.05) is 36.8 Å². The Labute approximate surface area is 161 Å². The molecule has 3 aliphatic rings. The van der Waals surface area contributed by atoms with E-state index in [-0.39, 0.29) is 0 Å². The third kappa shape index (κ3) is 4.44. The van der Waals surface area contributed by atoms with Crippen molar-refractivity contribution < 1.29 is 4.79 Å². The van der Waals surface area contributed by atoms with Crippen molar-refractivity contribution in [1.29, 1.82) is 0 Å². The van der Waals surface area contributed by atoms with Crippen LogP contribution < -0.4 is 0 Å². The summed E-state index contributed by atoms with van der Waals surface area (Å²) in [5, 5.41) is 0. The normalized spacial score (nSPS) is 25.8. The number of piperazine rings is 1. The van der Waals surface area contributed by atoms with Crippen LogP contribution in [0.1, 0.15) is 24.8 Å². The third-order valence-corrected chi connectivity index (χ3v) is 7.34. The first-order valence-corrected chi connectivity index (χ1v) is 11.3. The summed E-state index contributed by atoms with van der Waals surface area (Å²) in [5.41, 5.74) is 1.36. The summed E-state index contributed by atoms with van der Waals surface area (Å²) in [4.78, 5) is 19.9. The zero-order valence-electron chi connectivity index (χ0n) is 15.7. The molecule has 0 bridgehead atoms. The molecular formula is C21H31N3OS. The van der Waals surface area contributed by atoms with Crippen molar-refractivity contribution in [1.82, 2.24) is 14.7 Å². The molecule has 1 unspecified atom stereocenters. The van der Waals surface area contributed by atoms with E-state index in [1.165, 1.54) is 36.3 Å². The van der Waals surface area contributed by atoms with Gasteiger partial charge in [-0.05, 0) is 24.3 Å². The Balaban J connectivity index is 1.25. The Bertz CT molecular complexity index is 584. The summed E-state index contributed by atoms with van der Waals surface area (Å²) >= 11 is 2.07. The van der Waals surface area contributed by atoms with Gasteiger partial charge in [-0.3, -0.25) is 14.6 Å². The molecule has 1 aliphatic carbocycles. The molecule has 0 spiro atoms. The number of carbonyl (C=O) groups excluding carboxylic acids is 1. The third-order valence-electron chi connectivity index (χ3n) is 6.29. The van der Waals surface area contributed by atoms with Gasteiger partial charge in [-0.15, -0.1) is 0 Å². The first-order valence-electron chi connectivity index (χ1n) is 10.2. The van der Waals surface area contributed by atoms with Crippen molar-refractivity contribution in [3.05, 3.63) is 35.9 Å². The highest BCUT2D eigenvalue weighted by atomic mass is 32.2. The molecule has 5 heteroatoms. The van der Waals surface area contributed by atoms with Gasteiger partial charge >= 0.3 is 0 Å². The van der Waals surface area contributed by atoms with Gasteiger partial charge in [0.25, 0.3) is 0 Å². The largest absolute Gasteiger partial charge is 0.339 e. The van der Waals surface area contributed by atoms with Crippen molar-refractivity contribution in [3.8, 4) is 0 Å². The highest BCUT2D eigenvalue weighted by molar-refractivity contribution is 7.99. The molecule has 1 aromatic carbocycles. The number of rotatable bonds is 5. The van der Waals surface area contributed by atoms with E-state index in [2.05, 4.69) is 56.8 Å². The quantitative estimate of drug-likeness (QED) is 0.793. The second-order valence-corrected chi connectivity index (χ2v) is 9.10. The predicted octanol–water partition coefficient (Wildman–Crippen LogP) is 2.55. The highest BCUT2D eigenvalue weighted by Crippen LogP contribution is 2.35. The van der Waals surface area contributed by atoms with Crippen LogP contribution in [0.5, 0.6) is 0 Å². The van der Waals surface area contributed by atoms with Gasteiger partial charge in [-0.2, -0.15) is 11.8 Å². The zero-order valence-corrected chi connectivity index (χ0v) is 16.5. The minimum Gasteiger partial charge on any atom is -0.339 e. The van der Waals surface area contributed by atoms with Gasteiger partial charge in [0.15, 0.2) is 0 Å². The molecule has 1 aromatic rings. The lowest BCUT2D eigenvalue weighted by molar-refractivity contribution is -0.135. The molecule has 26 heavy (non-hydrogen) atoms. The minimum atomic E-state index is 0.348. The van der Waals surface area contributed by atoms with Crippen LogP contribution in [0, 0.1) is 5.92 Å². The molecule has 0 aromatic heterocycles. The van der Waals surface area contributed by atoms with Crippen molar-refractivity contribution in [3.63, 3.8) is 0 Å². The molecule has 0 radical (unpaired) electrons. The SMILES string of the molecule is O=C(CN1CCSCC1C1CCC1)N1CCN(Cc2ccccc2)CC1. The van der Waals surface area contributed by atoms with Crippen LogP contribution >= 0.6 is 11.8 Å². The molecule has 0 N–H and O–H groups in total. The zero-order chi connectivity index (χ0) is 17.8. The van der Waals surface area contributed by atoms with Crippen LogP contribution in [0.2, 0.25) is 0 Å². The summed E-state index contributed by atoms with van der Waals surface area (Å²) in [6, 6.07) is 11.3. The summed E-state index contributed by atoms with van der Waals surface area (Å²) in [6.07, 6.45) is 4.12. The lowest BCUT2D eigenvalue weighted by atomic mass is 9.79. The number of amides is 1. The molecule has 1 amide bonds. The molecule has 2 saturated heterocycles. The maximum Gasteiger partial charge on any atom is 0.236 e. The number of hydrogen-bond acceptors (Lipinski definition) is 4. The molecule has 4 nitrogen and oxygen atoms in total. The average Bonchev–Trinajstić information content (AvgIpc) is 2.63. The van der Waals surface area contributed by atoms with Crippen molar-refractivity contribution in [2.75, 3.05) is 50.8 Å². The standard InChI is InChI=1S/C21H31N3OS/c25-21(16-24-13-14-26-17-20(24)19-7-4-8-19)23-11-9-22(10-12-23)15-18-5-2-1-3-6-18/h1-3,5-6,19-20H,4,7-17H2. The monoisotopic (exact) mass is 373 g/mol. The lowest BCUT2D eigenvalue weighted by Crippen LogP contribution is -2.55. The van der Waals surface area contributed by atoms with Gasteiger partial charge in [0, 0.05) is 56.8 Å². The van der Waals surface area contributed by atoms with Crippen molar-refractivity contribution >= 4 is 17.7 Å². The fourth-order valence-corrected chi connectivity index (χ4v) is 5.64. The van der Waals surface area contributed by atoms with Crippen LogP contribution in [0.4, 0.5) is 0 Å². The predicted molar refractivity (Wildman–Crippen MR) is 108 cm³/mol. The van der Waals surface area contributed by atoms with E-state index in [4.69, 9.17) is 0 Å². The topological polar surface area (TPSA) is 26.8 Å². The first-order chi connectivity index (χ1) is 12.8. The molecule has 1 saturated carbocycles. The Morgan fingerprint density at radius 3 is 2.50 bits per heavy atom. The van der Waals surface area contributed by atoms with Crippen LogP contribution in [0.25, 0.3) is 0 Å². The molecule has 2 heterocycles. The average molecular weight is 374 g/mol. The fourth-order valence-electron chi connectivity index (χ4n) is 4.38. The van der Waals surface area contributed by atoms with Crippen molar-refractivity contribution in [2.45, 2.75) is 31.8 Å². The lowest BCUT2D eigenvalue weighted by Gasteiger charge is -2.44. The number of nitrogens with zero attached hydrogens (tertiary/aromatic N) is 3. The summed E-state index contributed by atoms with van der Waals surface area (Å²) in [6.45, 7) is 6.46. The first kappa shape index (κ1) is 18.3. The number of hydrogen-bond donors (Lipinski definition) is 0. The van der Waals surface area contributed by atoms with Gasteiger partial charge in [0.05, 0.1) is 6.54 Å². The second kappa shape index (κ2) is 8.77. The van der Waals surface area contributed by atoms with Gasteiger partial charge < -0.3 is 4.90 Å². The van der Waals surface area contributed by atoms with Gasteiger partial charge in [0.1, 0.15) is 0 Å². The van der Waals surface area contributed by atoms with E-state index in [1.807, 2.05) is 0 Å². The van der Waals surface area contributed by atoms with Crippen LogP contribution in [0.15, 0.2) is 30.3 Å². The summed E-state index contributed by atoms with van der Waals surface area (Å²) < 4.78 is 0. The molecule has 4 rings (SSSR count). The van der Waals surface area contributed by atoms with E-state index in [1.54, 1.807) is 0 Å². The smallest absolute Gasteiger partial charge is 0.236 e. The Morgan fingerprint density at radius 2 is 1.81 bits per heavy atom.